The fourth-order valence-corrected chi connectivity index (χ4v) is 4.74. The Morgan fingerprint density at radius 3 is 2.55 bits per heavy atom. The molecule has 2 fully saturated rings. The van der Waals surface area contributed by atoms with Gasteiger partial charge in [0.2, 0.25) is 10.0 Å². The Morgan fingerprint density at radius 1 is 1.05 bits per heavy atom. The summed E-state index contributed by atoms with van der Waals surface area (Å²) in [5.41, 5.74) is 1.20. The standard InChI is InChI=1S/C17H24N2O2S/c20-22(21,17-9-10-17)19-13-5-12-18(14-15-19)11-4-8-16-6-2-1-3-7-16/h1-4,6-8,17H,5,9-15H2/b8-4+. The van der Waals surface area contributed by atoms with Gasteiger partial charge in [0.25, 0.3) is 0 Å². The van der Waals surface area contributed by atoms with Crippen molar-refractivity contribution >= 4 is 16.1 Å². The number of sulfonamides is 1. The zero-order valence-electron chi connectivity index (χ0n) is 12.9. The number of nitrogens with zero attached hydrogens (tertiary/aromatic N) is 2. The van der Waals surface area contributed by atoms with Crippen LogP contribution in [0.4, 0.5) is 0 Å². The van der Waals surface area contributed by atoms with Gasteiger partial charge in [-0.25, -0.2) is 12.7 Å². The predicted molar refractivity (Wildman–Crippen MR) is 90.0 cm³/mol. The molecule has 1 aromatic carbocycles. The summed E-state index contributed by atoms with van der Waals surface area (Å²) in [6.45, 7) is 3.99. The molecule has 2 aliphatic rings. The van der Waals surface area contributed by atoms with Crippen LogP contribution in [0.15, 0.2) is 36.4 Å². The first-order valence-electron chi connectivity index (χ1n) is 8.09. The summed E-state index contributed by atoms with van der Waals surface area (Å²) in [4.78, 5) is 2.34. The zero-order chi connectivity index (χ0) is 15.4. The van der Waals surface area contributed by atoms with E-state index >= 15 is 0 Å². The summed E-state index contributed by atoms with van der Waals surface area (Å²) < 4.78 is 26.3. The normalized spacial score (nSPS) is 22.0. The first kappa shape index (κ1) is 15.7. The molecular formula is C17H24N2O2S. The molecule has 1 saturated carbocycles. The zero-order valence-corrected chi connectivity index (χ0v) is 13.7. The molecule has 0 aromatic heterocycles. The lowest BCUT2D eigenvalue weighted by Crippen LogP contribution is -2.37. The molecule has 1 aromatic rings. The number of hydrogen-bond acceptors (Lipinski definition) is 3. The lowest BCUT2D eigenvalue weighted by molar-refractivity contribution is 0.316. The van der Waals surface area contributed by atoms with Crippen LogP contribution in [0.5, 0.6) is 0 Å². The first-order valence-corrected chi connectivity index (χ1v) is 9.59. The Morgan fingerprint density at radius 2 is 1.82 bits per heavy atom. The molecule has 22 heavy (non-hydrogen) atoms. The Kier molecular flexibility index (Phi) is 4.96. The van der Waals surface area contributed by atoms with Gasteiger partial charge in [-0.05, 0) is 31.4 Å². The Hall–Kier alpha value is -1.17. The highest BCUT2D eigenvalue weighted by Gasteiger charge is 2.40. The maximum atomic E-state index is 12.3. The van der Waals surface area contributed by atoms with E-state index in [1.807, 2.05) is 18.2 Å². The lowest BCUT2D eigenvalue weighted by atomic mass is 10.2. The topological polar surface area (TPSA) is 40.6 Å². The van der Waals surface area contributed by atoms with Crippen molar-refractivity contribution in [3.63, 3.8) is 0 Å². The monoisotopic (exact) mass is 320 g/mol. The highest BCUT2D eigenvalue weighted by Crippen LogP contribution is 2.31. The smallest absolute Gasteiger partial charge is 0.217 e. The fraction of sp³-hybridized carbons (Fsp3) is 0.529. The third-order valence-corrected chi connectivity index (χ3v) is 6.73. The van der Waals surface area contributed by atoms with Crippen molar-refractivity contribution in [2.24, 2.45) is 0 Å². The van der Waals surface area contributed by atoms with E-state index in [0.29, 0.717) is 13.1 Å². The van der Waals surface area contributed by atoms with Gasteiger partial charge in [0.05, 0.1) is 5.25 Å². The van der Waals surface area contributed by atoms with E-state index in [4.69, 9.17) is 0 Å². The van der Waals surface area contributed by atoms with Gasteiger partial charge in [0.15, 0.2) is 0 Å². The van der Waals surface area contributed by atoms with E-state index in [-0.39, 0.29) is 5.25 Å². The molecule has 1 saturated heterocycles. The average Bonchev–Trinajstić information content (AvgIpc) is 3.36. The molecule has 0 radical (unpaired) electrons. The largest absolute Gasteiger partial charge is 0.298 e. The maximum absolute atomic E-state index is 12.3. The van der Waals surface area contributed by atoms with E-state index in [2.05, 4.69) is 29.2 Å². The molecule has 4 nitrogen and oxygen atoms in total. The van der Waals surface area contributed by atoms with Crippen molar-refractivity contribution in [1.82, 2.24) is 9.21 Å². The van der Waals surface area contributed by atoms with Crippen molar-refractivity contribution in [3.05, 3.63) is 42.0 Å². The van der Waals surface area contributed by atoms with Crippen LogP contribution in [-0.4, -0.2) is 55.6 Å². The van der Waals surface area contributed by atoms with Crippen molar-refractivity contribution in [2.45, 2.75) is 24.5 Å². The van der Waals surface area contributed by atoms with Crippen LogP contribution in [0.1, 0.15) is 24.8 Å². The number of benzene rings is 1. The van der Waals surface area contributed by atoms with Crippen molar-refractivity contribution in [3.8, 4) is 0 Å². The van der Waals surface area contributed by atoms with Gasteiger partial charge < -0.3 is 0 Å². The maximum Gasteiger partial charge on any atom is 0.217 e. The van der Waals surface area contributed by atoms with Crippen LogP contribution in [0.2, 0.25) is 0 Å². The lowest BCUT2D eigenvalue weighted by Gasteiger charge is -2.20. The molecule has 0 bridgehead atoms. The van der Waals surface area contributed by atoms with E-state index in [1.54, 1.807) is 4.31 Å². The molecule has 5 heteroatoms. The van der Waals surface area contributed by atoms with Crippen LogP contribution in [0.3, 0.4) is 0 Å². The second-order valence-corrected chi connectivity index (χ2v) is 8.32. The van der Waals surface area contributed by atoms with Gasteiger partial charge in [-0.2, -0.15) is 0 Å². The molecule has 0 N–H and O–H groups in total. The molecule has 0 atom stereocenters. The summed E-state index contributed by atoms with van der Waals surface area (Å²) in [6.07, 6.45) is 6.92. The fourth-order valence-electron chi connectivity index (χ4n) is 2.86. The van der Waals surface area contributed by atoms with Gasteiger partial charge in [-0.3, -0.25) is 4.90 Å². The second-order valence-electron chi connectivity index (χ2n) is 6.11. The summed E-state index contributed by atoms with van der Waals surface area (Å²) >= 11 is 0. The molecular weight excluding hydrogens is 296 g/mol. The van der Waals surface area contributed by atoms with Gasteiger partial charge in [-0.1, -0.05) is 42.5 Å². The first-order chi connectivity index (χ1) is 10.7. The average molecular weight is 320 g/mol. The highest BCUT2D eigenvalue weighted by molar-refractivity contribution is 7.90. The van der Waals surface area contributed by atoms with Crippen LogP contribution >= 0.6 is 0 Å². The molecule has 1 heterocycles. The molecule has 1 aliphatic carbocycles. The SMILES string of the molecule is O=S(=O)(C1CC1)N1CCCN(C/C=C/c2ccccc2)CC1. The summed E-state index contributed by atoms with van der Waals surface area (Å²) in [5, 5.41) is -0.0861. The van der Waals surface area contributed by atoms with Gasteiger partial charge in [0.1, 0.15) is 0 Å². The predicted octanol–water partition coefficient (Wildman–Crippen LogP) is 2.20. The van der Waals surface area contributed by atoms with Crippen LogP contribution in [0, 0.1) is 0 Å². The van der Waals surface area contributed by atoms with Crippen LogP contribution < -0.4 is 0 Å². The molecule has 3 rings (SSSR count). The van der Waals surface area contributed by atoms with E-state index in [0.717, 1.165) is 38.9 Å². The Labute approximate surface area is 133 Å². The third-order valence-electron chi connectivity index (χ3n) is 4.33. The van der Waals surface area contributed by atoms with E-state index in [9.17, 15) is 8.42 Å². The molecule has 0 spiro atoms. The molecule has 1 aliphatic heterocycles. The minimum absolute atomic E-state index is 0.0861. The minimum Gasteiger partial charge on any atom is -0.298 e. The molecule has 0 unspecified atom stereocenters. The molecule has 0 amide bonds. The van der Waals surface area contributed by atoms with Crippen LogP contribution in [-0.2, 0) is 10.0 Å². The molecule has 120 valence electrons. The quantitative estimate of drug-likeness (QED) is 0.835. The second kappa shape index (κ2) is 6.94. The van der Waals surface area contributed by atoms with E-state index < -0.39 is 10.0 Å². The van der Waals surface area contributed by atoms with Gasteiger partial charge in [0, 0.05) is 26.2 Å². The Bertz CT molecular complexity index is 609. The van der Waals surface area contributed by atoms with Crippen molar-refractivity contribution in [1.29, 1.82) is 0 Å². The Balaban J connectivity index is 1.51. The van der Waals surface area contributed by atoms with Crippen molar-refractivity contribution in [2.75, 3.05) is 32.7 Å². The van der Waals surface area contributed by atoms with E-state index in [1.165, 1.54) is 5.56 Å². The third kappa shape index (κ3) is 3.97. The van der Waals surface area contributed by atoms with Gasteiger partial charge in [-0.15, -0.1) is 0 Å². The van der Waals surface area contributed by atoms with Crippen LogP contribution in [0.25, 0.3) is 6.08 Å². The van der Waals surface area contributed by atoms with Gasteiger partial charge >= 0.3 is 0 Å². The summed E-state index contributed by atoms with van der Waals surface area (Å²) in [6, 6.07) is 10.3. The highest BCUT2D eigenvalue weighted by atomic mass is 32.2. The van der Waals surface area contributed by atoms with Crippen molar-refractivity contribution < 1.29 is 8.42 Å². The number of hydrogen-bond donors (Lipinski definition) is 0. The minimum atomic E-state index is -3.01. The summed E-state index contributed by atoms with van der Waals surface area (Å²) in [5.74, 6) is 0. The number of rotatable bonds is 5. The summed E-state index contributed by atoms with van der Waals surface area (Å²) in [7, 11) is -3.01.